The third-order valence-electron chi connectivity index (χ3n) is 3.70. The highest BCUT2D eigenvalue weighted by molar-refractivity contribution is 7.99. The number of carbonyl (C=O) groups excluding carboxylic acids is 1. The van der Waals surface area contributed by atoms with Gasteiger partial charge in [0.05, 0.1) is 0 Å². The SMILES string of the molecule is O=C1CCC(c2ccc3c(c2)SCCN3)CC1. The number of rotatable bonds is 1. The molecule has 1 N–H and O–H groups in total. The van der Waals surface area contributed by atoms with Crippen LogP contribution in [0.5, 0.6) is 0 Å². The van der Waals surface area contributed by atoms with Crippen molar-refractivity contribution in [3.05, 3.63) is 23.8 Å². The number of benzene rings is 1. The van der Waals surface area contributed by atoms with Gasteiger partial charge in [-0.25, -0.2) is 0 Å². The van der Waals surface area contributed by atoms with Crippen LogP contribution in [0.3, 0.4) is 0 Å². The fraction of sp³-hybridized carbons (Fsp3) is 0.500. The van der Waals surface area contributed by atoms with Crippen LogP contribution in [0.4, 0.5) is 5.69 Å². The molecular weight excluding hydrogens is 230 g/mol. The lowest BCUT2D eigenvalue weighted by Crippen LogP contribution is -2.14. The van der Waals surface area contributed by atoms with Crippen molar-refractivity contribution < 1.29 is 4.79 Å². The maximum Gasteiger partial charge on any atom is 0.132 e. The summed E-state index contributed by atoms with van der Waals surface area (Å²) in [5.74, 6) is 2.19. The van der Waals surface area contributed by atoms with Gasteiger partial charge in [-0.15, -0.1) is 11.8 Å². The fourth-order valence-electron chi connectivity index (χ4n) is 2.68. The normalized spacial score (nSPS) is 20.8. The van der Waals surface area contributed by atoms with Crippen LogP contribution in [0.15, 0.2) is 23.1 Å². The van der Waals surface area contributed by atoms with E-state index in [0.29, 0.717) is 11.7 Å². The summed E-state index contributed by atoms with van der Waals surface area (Å²) in [6, 6.07) is 6.76. The van der Waals surface area contributed by atoms with E-state index in [2.05, 4.69) is 23.5 Å². The fourth-order valence-corrected chi connectivity index (χ4v) is 3.62. The summed E-state index contributed by atoms with van der Waals surface area (Å²) < 4.78 is 0. The molecule has 2 aliphatic rings. The molecule has 0 aromatic heterocycles. The average Bonchev–Trinajstić information content (AvgIpc) is 2.39. The van der Waals surface area contributed by atoms with Gasteiger partial charge in [-0.3, -0.25) is 4.79 Å². The number of ketones is 1. The Bertz CT molecular complexity index is 434. The van der Waals surface area contributed by atoms with Crippen molar-refractivity contribution in [2.75, 3.05) is 17.6 Å². The topological polar surface area (TPSA) is 29.1 Å². The van der Waals surface area contributed by atoms with Gasteiger partial charge in [0.1, 0.15) is 5.78 Å². The minimum atomic E-state index is 0.440. The minimum Gasteiger partial charge on any atom is -0.383 e. The maximum absolute atomic E-state index is 11.3. The van der Waals surface area contributed by atoms with Crippen LogP contribution < -0.4 is 5.32 Å². The van der Waals surface area contributed by atoms with Crippen LogP contribution in [0, 0.1) is 0 Å². The Kier molecular flexibility index (Phi) is 3.10. The molecule has 17 heavy (non-hydrogen) atoms. The molecule has 3 rings (SSSR count). The highest BCUT2D eigenvalue weighted by Crippen LogP contribution is 2.37. The average molecular weight is 247 g/mol. The lowest BCUT2D eigenvalue weighted by atomic mass is 9.83. The molecule has 1 heterocycles. The number of nitrogens with one attached hydrogen (secondary N) is 1. The van der Waals surface area contributed by atoms with E-state index in [0.717, 1.165) is 38.0 Å². The number of hydrogen-bond donors (Lipinski definition) is 1. The Labute approximate surface area is 106 Å². The standard InChI is InChI=1S/C14H17NOS/c16-12-4-1-10(2-5-12)11-3-6-13-14(9-11)17-8-7-15-13/h3,6,9-10,15H,1-2,4-5,7-8H2. The van der Waals surface area contributed by atoms with Gasteiger partial charge in [0.25, 0.3) is 0 Å². The molecule has 2 nitrogen and oxygen atoms in total. The summed E-state index contributed by atoms with van der Waals surface area (Å²) in [5, 5.41) is 3.42. The van der Waals surface area contributed by atoms with Gasteiger partial charge in [0.2, 0.25) is 0 Å². The second-order valence-electron chi connectivity index (χ2n) is 4.84. The predicted molar refractivity (Wildman–Crippen MR) is 71.9 cm³/mol. The summed E-state index contributed by atoms with van der Waals surface area (Å²) in [6.45, 7) is 1.06. The lowest BCUT2D eigenvalue weighted by molar-refractivity contribution is -0.120. The zero-order valence-electron chi connectivity index (χ0n) is 9.87. The van der Waals surface area contributed by atoms with Gasteiger partial charge in [-0.1, -0.05) is 6.07 Å². The van der Waals surface area contributed by atoms with Gasteiger partial charge in [-0.2, -0.15) is 0 Å². The molecule has 1 aromatic rings. The molecule has 0 amide bonds. The third-order valence-corrected chi connectivity index (χ3v) is 4.75. The van der Waals surface area contributed by atoms with E-state index in [1.54, 1.807) is 0 Å². The van der Waals surface area contributed by atoms with Crippen LogP contribution >= 0.6 is 11.8 Å². The molecule has 1 aliphatic carbocycles. The highest BCUT2D eigenvalue weighted by atomic mass is 32.2. The number of thioether (sulfide) groups is 1. The Hall–Kier alpha value is -0.960. The highest BCUT2D eigenvalue weighted by Gasteiger charge is 2.21. The Balaban J connectivity index is 1.81. The zero-order chi connectivity index (χ0) is 11.7. The minimum absolute atomic E-state index is 0.440. The number of anilines is 1. The summed E-state index contributed by atoms with van der Waals surface area (Å²) in [7, 11) is 0. The Morgan fingerprint density at radius 2 is 2.06 bits per heavy atom. The number of Topliss-reactive ketones (excluding diaryl/α,β-unsaturated/α-hetero) is 1. The van der Waals surface area contributed by atoms with Crippen molar-refractivity contribution in [3.8, 4) is 0 Å². The predicted octanol–water partition coefficient (Wildman–Crippen LogP) is 3.43. The van der Waals surface area contributed by atoms with E-state index in [1.165, 1.54) is 16.1 Å². The molecule has 1 saturated carbocycles. The first kappa shape index (κ1) is 11.1. The first-order valence-corrected chi connectivity index (χ1v) is 7.34. The van der Waals surface area contributed by atoms with Gasteiger partial charge >= 0.3 is 0 Å². The Morgan fingerprint density at radius 1 is 1.24 bits per heavy atom. The molecule has 0 unspecified atom stereocenters. The summed E-state index contributed by atoms with van der Waals surface area (Å²) in [4.78, 5) is 12.6. The maximum atomic E-state index is 11.3. The molecule has 0 spiro atoms. The largest absolute Gasteiger partial charge is 0.383 e. The van der Waals surface area contributed by atoms with E-state index in [1.807, 2.05) is 11.8 Å². The van der Waals surface area contributed by atoms with Gasteiger partial charge in [0.15, 0.2) is 0 Å². The quantitative estimate of drug-likeness (QED) is 0.824. The molecule has 3 heteroatoms. The van der Waals surface area contributed by atoms with Crippen LogP contribution in [-0.2, 0) is 4.79 Å². The molecule has 1 fully saturated rings. The molecule has 1 aromatic carbocycles. The monoisotopic (exact) mass is 247 g/mol. The van der Waals surface area contributed by atoms with Crippen molar-refractivity contribution in [2.24, 2.45) is 0 Å². The zero-order valence-corrected chi connectivity index (χ0v) is 10.7. The summed E-state index contributed by atoms with van der Waals surface area (Å²) >= 11 is 1.94. The molecule has 90 valence electrons. The van der Waals surface area contributed by atoms with E-state index >= 15 is 0 Å². The smallest absolute Gasteiger partial charge is 0.132 e. The lowest BCUT2D eigenvalue weighted by Gasteiger charge is -2.24. The van der Waals surface area contributed by atoms with Crippen molar-refractivity contribution >= 4 is 23.2 Å². The van der Waals surface area contributed by atoms with Crippen molar-refractivity contribution in [1.29, 1.82) is 0 Å². The van der Waals surface area contributed by atoms with E-state index in [9.17, 15) is 4.79 Å². The van der Waals surface area contributed by atoms with Gasteiger partial charge in [-0.05, 0) is 36.5 Å². The van der Waals surface area contributed by atoms with E-state index in [4.69, 9.17) is 0 Å². The molecule has 0 radical (unpaired) electrons. The number of fused-ring (bicyclic) bond motifs is 1. The molecule has 1 aliphatic heterocycles. The van der Waals surface area contributed by atoms with Crippen molar-refractivity contribution in [3.63, 3.8) is 0 Å². The summed E-state index contributed by atoms with van der Waals surface area (Å²) in [5.41, 5.74) is 2.70. The van der Waals surface area contributed by atoms with Gasteiger partial charge < -0.3 is 5.32 Å². The molecule has 0 saturated heterocycles. The first-order valence-electron chi connectivity index (χ1n) is 6.35. The molecule has 0 atom stereocenters. The molecule has 0 bridgehead atoms. The van der Waals surface area contributed by atoms with Crippen molar-refractivity contribution in [1.82, 2.24) is 0 Å². The molecular formula is C14H17NOS. The second kappa shape index (κ2) is 4.73. The van der Waals surface area contributed by atoms with Crippen LogP contribution in [0.2, 0.25) is 0 Å². The van der Waals surface area contributed by atoms with E-state index < -0.39 is 0 Å². The third kappa shape index (κ3) is 2.34. The Morgan fingerprint density at radius 3 is 2.88 bits per heavy atom. The first-order chi connectivity index (χ1) is 8.33. The van der Waals surface area contributed by atoms with Crippen LogP contribution in [0.25, 0.3) is 0 Å². The van der Waals surface area contributed by atoms with Crippen LogP contribution in [0.1, 0.15) is 37.2 Å². The summed E-state index contributed by atoms with van der Waals surface area (Å²) in [6.07, 6.45) is 3.62. The van der Waals surface area contributed by atoms with Crippen molar-refractivity contribution in [2.45, 2.75) is 36.5 Å². The van der Waals surface area contributed by atoms with Crippen LogP contribution in [-0.4, -0.2) is 18.1 Å². The second-order valence-corrected chi connectivity index (χ2v) is 5.98. The van der Waals surface area contributed by atoms with E-state index in [-0.39, 0.29) is 0 Å². The van der Waals surface area contributed by atoms with Gasteiger partial charge in [0, 0.05) is 35.7 Å². The number of carbonyl (C=O) groups is 1. The number of hydrogen-bond acceptors (Lipinski definition) is 3.